The van der Waals surface area contributed by atoms with E-state index in [2.05, 4.69) is 12.1 Å². The third kappa shape index (κ3) is 1.64. The molecule has 0 unspecified atom stereocenters. The van der Waals surface area contributed by atoms with Crippen molar-refractivity contribution in [3.8, 4) is 18.2 Å². The molecule has 3 aromatic rings. The molecule has 0 saturated carbocycles. The zero-order valence-corrected chi connectivity index (χ0v) is 11.3. The first-order chi connectivity index (χ1) is 10.2. The average Bonchev–Trinajstić information content (AvgIpc) is 2.53. The van der Waals surface area contributed by atoms with E-state index >= 15 is 0 Å². The molecule has 3 rings (SSSR count). The van der Waals surface area contributed by atoms with Gasteiger partial charge < -0.3 is 0 Å². The Kier molecular flexibility index (Phi) is 2.80. The topological polar surface area (TPSA) is 71.4 Å². The number of rotatable bonds is 0. The van der Waals surface area contributed by atoms with E-state index in [1.165, 1.54) is 0 Å². The third-order valence-electron chi connectivity index (χ3n) is 3.78. The fourth-order valence-electron chi connectivity index (χ4n) is 2.82. The van der Waals surface area contributed by atoms with Gasteiger partial charge in [0.1, 0.15) is 18.2 Å². The monoisotopic (exact) mass is 267 g/mol. The molecule has 3 nitrogen and oxygen atoms in total. The largest absolute Gasteiger partial charge is 0.192 e. The van der Waals surface area contributed by atoms with Crippen molar-refractivity contribution in [2.45, 2.75) is 6.92 Å². The van der Waals surface area contributed by atoms with Gasteiger partial charge >= 0.3 is 0 Å². The lowest BCUT2D eigenvalue weighted by Gasteiger charge is -2.12. The van der Waals surface area contributed by atoms with Crippen LogP contribution in [0.25, 0.3) is 21.5 Å². The second-order valence-corrected chi connectivity index (χ2v) is 4.79. The van der Waals surface area contributed by atoms with Crippen LogP contribution in [0.1, 0.15) is 22.3 Å². The maximum Gasteiger partial charge on any atom is 0.102 e. The van der Waals surface area contributed by atoms with E-state index in [9.17, 15) is 15.8 Å². The van der Waals surface area contributed by atoms with E-state index in [1.807, 2.05) is 49.4 Å². The first-order valence-corrected chi connectivity index (χ1v) is 6.41. The summed E-state index contributed by atoms with van der Waals surface area (Å²) in [7, 11) is 0. The zero-order chi connectivity index (χ0) is 15.0. The fourth-order valence-corrected chi connectivity index (χ4v) is 2.82. The van der Waals surface area contributed by atoms with Gasteiger partial charge in [-0.3, -0.25) is 0 Å². The zero-order valence-electron chi connectivity index (χ0n) is 11.3. The lowest BCUT2D eigenvalue weighted by Crippen LogP contribution is -1.97. The van der Waals surface area contributed by atoms with Gasteiger partial charge in [0.05, 0.1) is 16.7 Å². The minimum Gasteiger partial charge on any atom is -0.192 e. The predicted octanol–water partition coefficient (Wildman–Crippen LogP) is 3.92. The molecule has 0 aliphatic rings. The van der Waals surface area contributed by atoms with Gasteiger partial charge in [-0.05, 0) is 28.6 Å². The highest BCUT2D eigenvalue weighted by atomic mass is 14.3. The molecule has 0 atom stereocenters. The molecule has 0 spiro atoms. The van der Waals surface area contributed by atoms with Crippen molar-refractivity contribution in [3.63, 3.8) is 0 Å². The number of fused-ring (bicyclic) bond motifs is 3. The van der Waals surface area contributed by atoms with Crippen molar-refractivity contribution in [1.29, 1.82) is 15.8 Å². The van der Waals surface area contributed by atoms with E-state index in [-0.39, 0.29) is 16.7 Å². The van der Waals surface area contributed by atoms with Gasteiger partial charge in [0, 0.05) is 5.39 Å². The van der Waals surface area contributed by atoms with Crippen molar-refractivity contribution >= 4 is 21.5 Å². The maximum absolute atomic E-state index is 9.42. The van der Waals surface area contributed by atoms with Crippen LogP contribution < -0.4 is 0 Å². The van der Waals surface area contributed by atoms with Crippen molar-refractivity contribution in [2.24, 2.45) is 0 Å². The van der Waals surface area contributed by atoms with Gasteiger partial charge in [0.25, 0.3) is 0 Å². The summed E-state index contributed by atoms with van der Waals surface area (Å²) in [6.45, 7) is 1.83. The number of aryl methyl sites for hydroxylation is 1. The molecule has 0 fully saturated rings. The Morgan fingerprint density at radius 3 is 2.05 bits per heavy atom. The van der Waals surface area contributed by atoms with Crippen molar-refractivity contribution < 1.29 is 0 Å². The summed E-state index contributed by atoms with van der Waals surface area (Å²) in [6, 6.07) is 17.8. The fraction of sp³-hybridized carbons (Fsp3) is 0.0556. The van der Waals surface area contributed by atoms with Crippen LogP contribution in [0.2, 0.25) is 0 Å². The molecule has 0 amide bonds. The molecular formula is C18H9N3. The van der Waals surface area contributed by atoms with Crippen LogP contribution in [-0.2, 0) is 0 Å². The van der Waals surface area contributed by atoms with Gasteiger partial charge in [0.15, 0.2) is 0 Å². The third-order valence-corrected chi connectivity index (χ3v) is 3.78. The van der Waals surface area contributed by atoms with Crippen LogP contribution in [0.4, 0.5) is 0 Å². The van der Waals surface area contributed by atoms with E-state index in [0.29, 0.717) is 0 Å². The number of hydrogen-bond acceptors (Lipinski definition) is 3. The Bertz CT molecular complexity index is 1020. The van der Waals surface area contributed by atoms with Gasteiger partial charge in [-0.25, -0.2) is 0 Å². The highest BCUT2D eigenvalue weighted by Gasteiger charge is 2.18. The van der Waals surface area contributed by atoms with Crippen molar-refractivity contribution in [1.82, 2.24) is 0 Å². The van der Waals surface area contributed by atoms with Gasteiger partial charge in [-0.15, -0.1) is 0 Å². The smallest absolute Gasteiger partial charge is 0.102 e. The second kappa shape index (κ2) is 4.64. The minimum atomic E-state index is 0.167. The molecule has 0 bridgehead atoms. The van der Waals surface area contributed by atoms with E-state index in [0.717, 1.165) is 27.1 Å². The van der Waals surface area contributed by atoms with Gasteiger partial charge in [0.2, 0.25) is 0 Å². The first kappa shape index (κ1) is 12.7. The summed E-state index contributed by atoms with van der Waals surface area (Å²) in [5, 5.41) is 31.7. The first-order valence-electron chi connectivity index (χ1n) is 6.41. The van der Waals surface area contributed by atoms with Crippen molar-refractivity contribution in [2.75, 3.05) is 0 Å². The Hall–Kier alpha value is -3.35. The predicted molar refractivity (Wildman–Crippen MR) is 80.3 cm³/mol. The van der Waals surface area contributed by atoms with Gasteiger partial charge in [-0.2, -0.15) is 15.8 Å². The van der Waals surface area contributed by atoms with E-state index < -0.39 is 0 Å². The number of benzene rings is 3. The molecule has 0 saturated heterocycles. The Morgan fingerprint density at radius 2 is 1.38 bits per heavy atom. The summed E-state index contributed by atoms with van der Waals surface area (Å²) in [6.07, 6.45) is 0. The average molecular weight is 267 g/mol. The van der Waals surface area contributed by atoms with Crippen molar-refractivity contribution in [3.05, 3.63) is 58.7 Å². The lowest BCUT2D eigenvalue weighted by molar-refractivity contribution is 1.37. The summed E-state index contributed by atoms with van der Waals surface area (Å²) < 4.78 is 0. The van der Waals surface area contributed by atoms with Crippen LogP contribution in [0.15, 0.2) is 36.4 Å². The van der Waals surface area contributed by atoms with Crippen LogP contribution in [0, 0.1) is 40.9 Å². The number of nitrogens with zero attached hydrogens (tertiary/aromatic N) is 3. The van der Waals surface area contributed by atoms with E-state index in [4.69, 9.17) is 0 Å². The highest BCUT2D eigenvalue weighted by Crippen LogP contribution is 2.34. The van der Waals surface area contributed by atoms with Crippen LogP contribution >= 0.6 is 0 Å². The summed E-state index contributed by atoms with van der Waals surface area (Å²) in [5.41, 5.74) is 1.48. The molecule has 0 aliphatic heterocycles. The normalized spacial score (nSPS) is 10.0. The number of nitriles is 3. The lowest BCUT2D eigenvalue weighted by atomic mass is 9.88. The molecule has 96 valence electrons. The molecule has 0 aromatic heterocycles. The minimum absolute atomic E-state index is 0.167. The Morgan fingerprint density at radius 1 is 0.714 bits per heavy atom. The summed E-state index contributed by atoms with van der Waals surface area (Å²) >= 11 is 0. The SMILES string of the molecule is Cc1c(C#N)c(C#N)c(C#N)c2ccc3ccccc3c12. The van der Waals surface area contributed by atoms with Crippen LogP contribution in [-0.4, -0.2) is 0 Å². The summed E-state index contributed by atoms with van der Waals surface area (Å²) in [5.74, 6) is 0. The highest BCUT2D eigenvalue weighted by molar-refractivity contribution is 6.12. The second-order valence-electron chi connectivity index (χ2n) is 4.79. The van der Waals surface area contributed by atoms with E-state index in [1.54, 1.807) is 0 Å². The Balaban J connectivity index is 2.72. The van der Waals surface area contributed by atoms with Crippen LogP contribution in [0.5, 0.6) is 0 Å². The van der Waals surface area contributed by atoms with Gasteiger partial charge in [-0.1, -0.05) is 36.4 Å². The molecule has 0 aliphatic carbocycles. The summed E-state index contributed by atoms with van der Waals surface area (Å²) in [4.78, 5) is 0. The Labute approximate surface area is 121 Å². The van der Waals surface area contributed by atoms with Crippen LogP contribution in [0.3, 0.4) is 0 Å². The molecule has 21 heavy (non-hydrogen) atoms. The molecule has 0 heterocycles. The standard InChI is InChI=1S/C18H9N3/c1-11-15(8-19)17(10-21)16(9-20)14-7-6-12-4-2-3-5-13(12)18(11)14/h2-7H,1H3. The molecule has 0 radical (unpaired) electrons. The molecular weight excluding hydrogens is 258 g/mol. The molecule has 0 N–H and O–H groups in total. The molecule has 3 aromatic carbocycles. The maximum atomic E-state index is 9.42. The number of hydrogen-bond donors (Lipinski definition) is 0. The molecule has 3 heteroatoms. The quantitative estimate of drug-likeness (QED) is 0.579.